The van der Waals surface area contributed by atoms with Gasteiger partial charge in [-0.1, -0.05) is 76.6 Å². The monoisotopic (exact) mass is 897 g/mol. The molecular formula is C45H67N7O10S. The zero-order valence-electron chi connectivity index (χ0n) is 37.6. The van der Waals surface area contributed by atoms with E-state index < -0.39 is 100 Å². The zero-order valence-corrected chi connectivity index (χ0v) is 38.4. The van der Waals surface area contributed by atoms with E-state index in [9.17, 15) is 48.0 Å². The molecule has 1 aliphatic rings. The Hall–Kier alpha value is -5.52. The molecule has 2 aromatic rings. The number of hydrogen-bond donors (Lipinski definition) is 7. The quantitative estimate of drug-likeness (QED) is 0.138. The number of hydrogen-bond acceptors (Lipinski definition) is 9. The topological polar surface area (TPSA) is 244 Å². The van der Waals surface area contributed by atoms with Crippen LogP contribution < -0.4 is 26.6 Å². The van der Waals surface area contributed by atoms with Crippen LogP contribution >= 0.6 is 0 Å². The van der Waals surface area contributed by atoms with Gasteiger partial charge in [-0.05, 0) is 86.5 Å². The normalized spacial score (nSPS) is 22.7. The molecular weight excluding hydrogens is 831 g/mol. The minimum Gasteiger partial charge on any atom is -0.508 e. The van der Waals surface area contributed by atoms with Gasteiger partial charge in [0.2, 0.25) is 29.5 Å². The summed E-state index contributed by atoms with van der Waals surface area (Å²) in [5.74, 6) is -5.02. The molecule has 1 heterocycles. The number of nitrogens with zero attached hydrogens (tertiary/aromatic N) is 2. The summed E-state index contributed by atoms with van der Waals surface area (Å²) in [5, 5.41) is 33.2. The maximum Gasteiger partial charge on any atom is 0.326 e. The van der Waals surface area contributed by atoms with Crippen LogP contribution in [0.25, 0.3) is 0 Å². The molecule has 3 rings (SSSR count). The van der Waals surface area contributed by atoms with Crippen LogP contribution in [0.15, 0.2) is 54.6 Å². The molecule has 0 aliphatic carbocycles. The van der Waals surface area contributed by atoms with Crippen LogP contribution in [0, 0.1) is 11.8 Å². The van der Waals surface area contributed by atoms with E-state index in [1.807, 2.05) is 30.3 Å². The molecule has 348 valence electrons. The molecule has 1 fully saturated rings. The highest BCUT2D eigenvalue weighted by Crippen LogP contribution is 2.20. The number of aromatic hydroxyl groups is 1. The third-order valence-electron chi connectivity index (χ3n) is 11.6. The smallest absolute Gasteiger partial charge is 0.326 e. The molecule has 63 heavy (non-hydrogen) atoms. The third kappa shape index (κ3) is 16.3. The summed E-state index contributed by atoms with van der Waals surface area (Å²) in [7, 11) is 1.63. The zero-order chi connectivity index (χ0) is 46.8. The van der Waals surface area contributed by atoms with E-state index in [0.29, 0.717) is 32.1 Å². The molecule has 18 heteroatoms. The van der Waals surface area contributed by atoms with Gasteiger partial charge >= 0.3 is 12.0 Å². The summed E-state index contributed by atoms with van der Waals surface area (Å²) in [6, 6.07) is 7.86. The number of likely N-dealkylation sites (N-methyl/N-ethyl adjacent to an activating group) is 2. The molecule has 0 bridgehead atoms. The van der Waals surface area contributed by atoms with Crippen LogP contribution in [-0.4, -0.2) is 135 Å². The van der Waals surface area contributed by atoms with Crippen LogP contribution in [0.4, 0.5) is 4.79 Å². The molecule has 17 nitrogen and oxygen atoms in total. The molecule has 0 spiro atoms. The first-order valence-electron chi connectivity index (χ1n) is 21.7. The summed E-state index contributed by atoms with van der Waals surface area (Å²) in [6.07, 6.45) is 3.59. The van der Waals surface area contributed by atoms with Gasteiger partial charge in [-0.15, -0.1) is 0 Å². The Balaban J connectivity index is 2.09. The molecule has 7 N–H and O–H groups in total. The lowest BCUT2D eigenvalue weighted by molar-refractivity contribution is -0.149. The first-order valence-corrected chi connectivity index (χ1v) is 23.4. The van der Waals surface area contributed by atoms with Crippen molar-refractivity contribution in [1.82, 2.24) is 36.4 Å². The minimum atomic E-state index is -1.31. The summed E-state index contributed by atoms with van der Waals surface area (Å²) in [5.41, 5.74) is 1.67. The predicted octanol–water partition coefficient (Wildman–Crippen LogP) is 2.47. The first kappa shape index (κ1) is 51.8. The van der Waals surface area contributed by atoms with E-state index in [1.54, 1.807) is 39.8 Å². The molecule has 8 atom stereocenters. The Bertz CT molecular complexity index is 1880. The Morgan fingerprint density at radius 2 is 1.43 bits per heavy atom. The lowest BCUT2D eigenvalue weighted by Gasteiger charge is -2.36. The molecule has 0 aromatic heterocycles. The maximum atomic E-state index is 14.8. The number of carboxylic acids is 1. The maximum absolute atomic E-state index is 14.8. The number of rotatable bonds is 15. The van der Waals surface area contributed by atoms with Gasteiger partial charge in [0.1, 0.15) is 42.0 Å². The van der Waals surface area contributed by atoms with Gasteiger partial charge < -0.3 is 46.6 Å². The number of phenols is 1. The Labute approximate surface area is 373 Å². The third-order valence-corrected chi connectivity index (χ3v) is 12.4. The molecule has 2 aromatic carbocycles. The largest absolute Gasteiger partial charge is 0.508 e. The molecule has 1 unspecified atom stereocenters. The number of carbonyl (C=O) groups excluding carboxylic acids is 6. The van der Waals surface area contributed by atoms with Gasteiger partial charge in [-0.3, -0.25) is 28.2 Å². The van der Waals surface area contributed by atoms with Gasteiger partial charge in [-0.25, -0.2) is 9.59 Å². The summed E-state index contributed by atoms with van der Waals surface area (Å²) in [6.45, 7) is 7.01. The van der Waals surface area contributed by atoms with Crippen LogP contribution in [0.2, 0.25) is 0 Å². The van der Waals surface area contributed by atoms with Gasteiger partial charge in [0.05, 0.1) is 0 Å². The SMILES string of the molecule is CC[C@H](C)[C@H](NC(=O)N[C@H]1CCCCNC(=O)[C@H](CCS(C)=O)N(C)C(=O)[C@H](CCc2ccc(O)cc2)N(C)C(=O)[C@H](CCc2ccccc2)NC(=O)[C@H](C(C)C)NC1=O)C(=O)O. The number of carbonyl (C=O) groups is 7. The fourth-order valence-corrected chi connectivity index (χ4v) is 7.93. The predicted molar refractivity (Wildman–Crippen MR) is 240 cm³/mol. The van der Waals surface area contributed by atoms with E-state index in [0.717, 1.165) is 11.1 Å². The highest BCUT2D eigenvalue weighted by atomic mass is 32.2. The van der Waals surface area contributed by atoms with E-state index in [2.05, 4.69) is 26.6 Å². The van der Waals surface area contributed by atoms with Gasteiger partial charge in [0, 0.05) is 43.4 Å². The van der Waals surface area contributed by atoms with Crippen LogP contribution in [0.1, 0.15) is 83.8 Å². The standard InChI is InChI=1S/C45H67N7O10S/c1-8-29(4)38(44(59)60)50-45(61)48-33-16-12-13-26-46-40(55)35(25-27-63(7)62)51(5)43(58)36(24-20-31-17-21-32(53)22-18-31)52(6)42(57)34(23-19-30-14-10-9-11-15-30)47-41(56)37(28(2)3)49-39(33)54/h9-11,14-15,17-18,21-22,28-29,33-38,53H,8,12-13,16,19-20,23-27H2,1-7H3,(H,46,55)(H,47,56)(H,49,54)(H,59,60)(H2,48,50,61)/t29-,33-,34-,35-,36-,37-,38-,63?/m0/s1. The minimum absolute atomic E-state index is 0.0466. The van der Waals surface area contributed by atoms with Crippen molar-refractivity contribution < 1.29 is 48.0 Å². The van der Waals surface area contributed by atoms with E-state index in [4.69, 9.17) is 0 Å². The van der Waals surface area contributed by atoms with Crippen molar-refractivity contribution >= 4 is 52.3 Å². The summed E-state index contributed by atoms with van der Waals surface area (Å²) in [4.78, 5) is 99.4. The number of phenolic OH excluding ortho intramolecular Hbond substituents is 1. The van der Waals surface area contributed by atoms with Crippen molar-refractivity contribution in [3.05, 3.63) is 65.7 Å². The first-order chi connectivity index (χ1) is 29.8. The van der Waals surface area contributed by atoms with E-state index in [1.165, 1.54) is 42.3 Å². The van der Waals surface area contributed by atoms with Crippen molar-refractivity contribution in [3.63, 3.8) is 0 Å². The fraction of sp³-hybridized carbons (Fsp3) is 0.578. The van der Waals surface area contributed by atoms with Crippen molar-refractivity contribution in [2.24, 2.45) is 11.8 Å². The number of amides is 7. The lowest BCUT2D eigenvalue weighted by Crippen LogP contribution is -2.61. The number of aliphatic carboxylic acids is 1. The second-order valence-electron chi connectivity index (χ2n) is 16.7. The molecule has 1 saturated heterocycles. The molecule has 7 amide bonds. The number of carboxylic acid groups (broad SMARTS) is 1. The number of nitrogens with one attached hydrogen (secondary N) is 5. The Kier molecular flexibility index (Phi) is 21.0. The number of benzene rings is 2. The van der Waals surface area contributed by atoms with Gasteiger partial charge in [0.15, 0.2) is 0 Å². The number of urea groups is 1. The van der Waals surface area contributed by atoms with Crippen molar-refractivity contribution in [1.29, 1.82) is 0 Å². The van der Waals surface area contributed by atoms with E-state index >= 15 is 0 Å². The lowest BCUT2D eigenvalue weighted by atomic mass is 9.98. The van der Waals surface area contributed by atoms with Gasteiger partial charge in [0.25, 0.3) is 0 Å². The summed E-state index contributed by atoms with van der Waals surface area (Å²) >= 11 is 0. The second-order valence-corrected chi connectivity index (χ2v) is 18.2. The summed E-state index contributed by atoms with van der Waals surface area (Å²) < 4.78 is 12.3. The Morgan fingerprint density at radius 1 is 0.810 bits per heavy atom. The van der Waals surface area contributed by atoms with E-state index in [-0.39, 0.29) is 43.7 Å². The fourth-order valence-electron chi connectivity index (χ4n) is 7.37. The Morgan fingerprint density at radius 3 is 2.03 bits per heavy atom. The van der Waals surface area contributed by atoms with Crippen LogP contribution in [0.3, 0.4) is 0 Å². The van der Waals surface area contributed by atoms with Crippen LogP contribution in [0.5, 0.6) is 5.75 Å². The second kappa shape index (κ2) is 25.6. The molecule has 0 saturated carbocycles. The van der Waals surface area contributed by atoms with Crippen molar-refractivity contribution in [3.8, 4) is 5.75 Å². The van der Waals surface area contributed by atoms with Gasteiger partial charge in [-0.2, -0.15) is 0 Å². The molecule has 1 aliphatic heterocycles. The average Bonchev–Trinajstić information content (AvgIpc) is 3.25. The van der Waals surface area contributed by atoms with Crippen molar-refractivity contribution in [2.45, 2.75) is 122 Å². The van der Waals surface area contributed by atoms with Crippen molar-refractivity contribution in [2.75, 3.05) is 32.6 Å². The highest BCUT2D eigenvalue weighted by molar-refractivity contribution is 7.84. The number of aryl methyl sites for hydroxylation is 2. The average molecular weight is 898 g/mol. The van der Waals surface area contributed by atoms with Crippen LogP contribution in [-0.2, 0) is 52.4 Å². The highest BCUT2D eigenvalue weighted by Gasteiger charge is 2.38. The molecule has 0 radical (unpaired) electrons.